The summed E-state index contributed by atoms with van der Waals surface area (Å²) in [5, 5.41) is 8.79. The summed E-state index contributed by atoms with van der Waals surface area (Å²) in [7, 11) is 0. The maximum absolute atomic E-state index is 13.0. The summed E-state index contributed by atoms with van der Waals surface area (Å²) in [4.78, 5) is 63.6. The molecule has 2 bridgehead atoms. The molecule has 2 aliphatic carbocycles. The number of imide groups is 2. The molecule has 4 atom stereocenters. The van der Waals surface area contributed by atoms with Gasteiger partial charge >= 0.3 is 6.03 Å². The standard InChI is InChI=1S/C26H25N5O5/c32-22(16-4-2-1-3-5-16)28-19-10-8-17(9-11-19)23(33)30-27-14-20-24(34)29-26(36)31(25(20)35)21-13-15-6-7-18(21)12-15/h1-5,8-11,14-15,18,20-21H,6-7,12-13H2,(H,28,32)(H,30,33)(H,29,34,36)/b27-14-/t15-,18-,20+,21-/m0/s1. The molecule has 2 aromatic carbocycles. The van der Waals surface area contributed by atoms with Crippen molar-refractivity contribution in [1.82, 2.24) is 15.6 Å². The molecule has 2 saturated carbocycles. The van der Waals surface area contributed by atoms with Crippen LogP contribution >= 0.6 is 0 Å². The van der Waals surface area contributed by atoms with E-state index in [2.05, 4.69) is 21.2 Å². The van der Waals surface area contributed by atoms with Crippen LogP contribution in [0.5, 0.6) is 0 Å². The number of hydrogen-bond donors (Lipinski definition) is 3. The summed E-state index contributed by atoms with van der Waals surface area (Å²) >= 11 is 0. The van der Waals surface area contributed by atoms with E-state index in [-0.39, 0.29) is 23.4 Å². The number of anilines is 1. The Kier molecular flexibility index (Phi) is 6.32. The summed E-state index contributed by atoms with van der Waals surface area (Å²) < 4.78 is 0. The van der Waals surface area contributed by atoms with Gasteiger partial charge in [0.05, 0.1) is 0 Å². The molecular formula is C26H25N5O5. The molecule has 6 amide bonds. The highest BCUT2D eigenvalue weighted by Crippen LogP contribution is 2.47. The van der Waals surface area contributed by atoms with Gasteiger partial charge in [-0.3, -0.25) is 29.4 Å². The molecule has 0 spiro atoms. The van der Waals surface area contributed by atoms with Crippen molar-refractivity contribution in [2.45, 2.75) is 31.7 Å². The van der Waals surface area contributed by atoms with Crippen LogP contribution < -0.4 is 16.1 Å². The predicted octanol–water partition coefficient (Wildman–Crippen LogP) is 2.54. The number of amides is 6. The number of urea groups is 1. The zero-order valence-electron chi connectivity index (χ0n) is 19.3. The highest BCUT2D eigenvalue weighted by Gasteiger charge is 2.50. The van der Waals surface area contributed by atoms with E-state index in [1.54, 1.807) is 36.4 Å². The van der Waals surface area contributed by atoms with E-state index < -0.39 is 29.7 Å². The van der Waals surface area contributed by atoms with E-state index in [1.807, 2.05) is 6.07 Å². The fraction of sp³-hybridized carbons (Fsp3) is 0.308. The second-order valence-corrected chi connectivity index (χ2v) is 9.34. The first kappa shape index (κ1) is 23.4. The Balaban J connectivity index is 1.19. The van der Waals surface area contributed by atoms with Gasteiger partial charge in [0.25, 0.3) is 11.8 Å². The van der Waals surface area contributed by atoms with Crippen LogP contribution in [0.4, 0.5) is 10.5 Å². The largest absolute Gasteiger partial charge is 0.331 e. The SMILES string of the molecule is O=C(N/N=C\[C@@H]1C(=O)NC(=O)N([C@H]2C[C@H]3CC[C@H]2C3)C1=O)c1ccc(NC(=O)c2ccccc2)cc1. The van der Waals surface area contributed by atoms with Crippen molar-refractivity contribution in [3.63, 3.8) is 0 Å². The molecule has 1 heterocycles. The summed E-state index contributed by atoms with van der Waals surface area (Å²) in [5.41, 5.74) is 3.59. The quantitative estimate of drug-likeness (QED) is 0.327. The number of barbiturate groups is 1. The molecular weight excluding hydrogens is 462 g/mol. The highest BCUT2D eigenvalue weighted by atomic mass is 16.2. The number of carbonyl (C=O) groups is 5. The Morgan fingerprint density at radius 1 is 0.917 bits per heavy atom. The fourth-order valence-corrected chi connectivity index (χ4v) is 5.31. The highest BCUT2D eigenvalue weighted by molar-refractivity contribution is 6.23. The van der Waals surface area contributed by atoms with E-state index in [9.17, 15) is 24.0 Å². The second-order valence-electron chi connectivity index (χ2n) is 9.34. The number of hydrogen-bond acceptors (Lipinski definition) is 6. The van der Waals surface area contributed by atoms with Gasteiger partial charge in [-0.05, 0) is 67.5 Å². The van der Waals surface area contributed by atoms with Crippen molar-refractivity contribution < 1.29 is 24.0 Å². The molecule has 184 valence electrons. The number of hydrazone groups is 1. The van der Waals surface area contributed by atoms with E-state index in [4.69, 9.17) is 0 Å². The molecule has 5 rings (SSSR count). The first-order valence-corrected chi connectivity index (χ1v) is 11.9. The smallest absolute Gasteiger partial charge is 0.322 e. The monoisotopic (exact) mass is 487 g/mol. The van der Waals surface area contributed by atoms with Crippen molar-refractivity contribution in [3.05, 3.63) is 65.7 Å². The molecule has 1 saturated heterocycles. The van der Waals surface area contributed by atoms with Gasteiger partial charge in [0.15, 0.2) is 5.92 Å². The average molecular weight is 488 g/mol. The molecule has 3 aliphatic rings. The van der Waals surface area contributed by atoms with Crippen molar-refractivity contribution in [2.24, 2.45) is 22.9 Å². The minimum absolute atomic E-state index is 0.198. The summed E-state index contributed by atoms with van der Waals surface area (Å²) in [6, 6.07) is 14.0. The van der Waals surface area contributed by atoms with Crippen LogP contribution in [0.2, 0.25) is 0 Å². The lowest BCUT2D eigenvalue weighted by Crippen LogP contribution is -2.62. The van der Waals surface area contributed by atoms with Crippen LogP contribution in [0.15, 0.2) is 59.7 Å². The Hall–Kier alpha value is -4.34. The third-order valence-electron chi connectivity index (χ3n) is 7.10. The lowest BCUT2D eigenvalue weighted by atomic mass is 9.92. The zero-order chi connectivity index (χ0) is 25.2. The van der Waals surface area contributed by atoms with Crippen LogP contribution in [0, 0.1) is 17.8 Å². The van der Waals surface area contributed by atoms with Gasteiger partial charge in [-0.25, -0.2) is 10.2 Å². The molecule has 10 heteroatoms. The van der Waals surface area contributed by atoms with Crippen molar-refractivity contribution in [1.29, 1.82) is 0 Å². The van der Waals surface area contributed by atoms with E-state index >= 15 is 0 Å². The summed E-state index contributed by atoms with van der Waals surface area (Å²) in [5.74, 6) is -2.71. The number of nitrogens with zero attached hydrogens (tertiary/aromatic N) is 2. The van der Waals surface area contributed by atoms with Crippen LogP contribution in [-0.2, 0) is 9.59 Å². The third kappa shape index (κ3) is 4.61. The number of nitrogens with one attached hydrogen (secondary N) is 3. The molecule has 36 heavy (non-hydrogen) atoms. The van der Waals surface area contributed by atoms with Gasteiger partial charge < -0.3 is 5.32 Å². The maximum atomic E-state index is 13.0. The molecule has 3 fully saturated rings. The number of rotatable bonds is 6. The first-order chi connectivity index (χ1) is 17.4. The van der Waals surface area contributed by atoms with Crippen LogP contribution in [-0.4, -0.2) is 46.8 Å². The Labute approximate surface area is 207 Å². The maximum Gasteiger partial charge on any atom is 0.331 e. The number of fused-ring (bicyclic) bond motifs is 2. The van der Waals surface area contributed by atoms with E-state index in [0.29, 0.717) is 17.2 Å². The Bertz CT molecular complexity index is 1240. The van der Waals surface area contributed by atoms with Crippen molar-refractivity contribution in [3.8, 4) is 0 Å². The molecule has 0 aromatic heterocycles. The van der Waals surface area contributed by atoms with Crippen LogP contribution in [0.1, 0.15) is 46.4 Å². The van der Waals surface area contributed by atoms with Gasteiger partial charge in [0.2, 0.25) is 11.8 Å². The van der Waals surface area contributed by atoms with E-state index in [0.717, 1.165) is 31.9 Å². The van der Waals surface area contributed by atoms with E-state index in [1.165, 1.54) is 17.0 Å². The molecule has 2 aromatic rings. The van der Waals surface area contributed by atoms with Crippen molar-refractivity contribution in [2.75, 3.05) is 5.32 Å². The minimum Gasteiger partial charge on any atom is -0.322 e. The second kappa shape index (κ2) is 9.73. The van der Waals surface area contributed by atoms with Gasteiger partial charge in [-0.1, -0.05) is 24.6 Å². The lowest BCUT2D eigenvalue weighted by molar-refractivity contribution is -0.141. The predicted molar refractivity (Wildman–Crippen MR) is 130 cm³/mol. The van der Waals surface area contributed by atoms with Gasteiger partial charge in [-0.2, -0.15) is 5.10 Å². The van der Waals surface area contributed by atoms with Gasteiger partial charge in [-0.15, -0.1) is 0 Å². The Morgan fingerprint density at radius 3 is 2.31 bits per heavy atom. The fourth-order valence-electron chi connectivity index (χ4n) is 5.31. The average Bonchev–Trinajstić information content (AvgIpc) is 3.51. The van der Waals surface area contributed by atoms with Crippen molar-refractivity contribution >= 4 is 41.6 Å². The van der Waals surface area contributed by atoms with Crippen LogP contribution in [0.25, 0.3) is 0 Å². The topological polar surface area (TPSA) is 137 Å². The molecule has 0 unspecified atom stereocenters. The summed E-state index contributed by atoms with van der Waals surface area (Å²) in [6.45, 7) is 0. The molecule has 3 N–H and O–H groups in total. The molecule has 1 aliphatic heterocycles. The van der Waals surface area contributed by atoms with Gasteiger partial charge in [0, 0.05) is 29.1 Å². The van der Waals surface area contributed by atoms with Gasteiger partial charge in [0.1, 0.15) is 0 Å². The number of benzene rings is 2. The lowest BCUT2D eigenvalue weighted by Gasteiger charge is -2.36. The summed E-state index contributed by atoms with van der Waals surface area (Å²) in [6.07, 6.45) is 4.90. The molecule has 0 radical (unpaired) electrons. The third-order valence-corrected chi connectivity index (χ3v) is 7.10. The first-order valence-electron chi connectivity index (χ1n) is 11.9. The zero-order valence-corrected chi connectivity index (χ0v) is 19.3. The molecule has 10 nitrogen and oxygen atoms in total. The normalized spacial score (nSPS) is 25.2. The minimum atomic E-state index is -1.29. The number of carbonyl (C=O) groups excluding carboxylic acids is 5. The van der Waals surface area contributed by atoms with Crippen LogP contribution in [0.3, 0.4) is 0 Å². The Morgan fingerprint density at radius 2 is 1.64 bits per heavy atom.